The molecule has 4 rings (SSSR count). The van der Waals surface area contributed by atoms with Crippen molar-refractivity contribution in [1.82, 2.24) is 9.88 Å². The topological polar surface area (TPSA) is 60.9 Å². The third-order valence-electron chi connectivity index (χ3n) is 5.32. The second-order valence-electron chi connectivity index (χ2n) is 8.13. The Bertz CT molecular complexity index is 883. The van der Waals surface area contributed by atoms with Gasteiger partial charge in [-0.05, 0) is 44.5 Å². The number of hydrogen-bond donors (Lipinski definition) is 0. The highest BCUT2D eigenvalue weighted by molar-refractivity contribution is 7.09. The summed E-state index contributed by atoms with van der Waals surface area (Å²) in [4.78, 5) is 19.3. The molecule has 0 N–H and O–H groups in total. The summed E-state index contributed by atoms with van der Waals surface area (Å²) in [5, 5.41) is 2.83. The van der Waals surface area contributed by atoms with Gasteiger partial charge in [-0.25, -0.2) is 9.37 Å². The number of amides is 1. The van der Waals surface area contributed by atoms with E-state index in [0.717, 1.165) is 10.6 Å². The Hall–Kier alpha value is -2.03. The molecule has 0 aliphatic carbocycles. The van der Waals surface area contributed by atoms with Crippen LogP contribution in [0.2, 0.25) is 0 Å². The first-order chi connectivity index (χ1) is 13.8. The maximum Gasteiger partial charge on any atom is 0.253 e. The van der Waals surface area contributed by atoms with Gasteiger partial charge in [-0.1, -0.05) is 0 Å². The average molecular weight is 421 g/mol. The Morgan fingerprint density at radius 1 is 1.48 bits per heavy atom. The normalized spacial score (nSPS) is 24.4. The quantitative estimate of drug-likeness (QED) is 0.738. The lowest BCUT2D eigenvalue weighted by Crippen LogP contribution is -2.53. The summed E-state index contributed by atoms with van der Waals surface area (Å²) in [6, 6.07) is 5.25. The van der Waals surface area contributed by atoms with Crippen LogP contribution in [0.15, 0.2) is 29.8 Å². The van der Waals surface area contributed by atoms with Gasteiger partial charge in [-0.15, -0.1) is 11.3 Å². The van der Waals surface area contributed by atoms with Crippen molar-refractivity contribution in [3.8, 4) is 5.75 Å². The van der Waals surface area contributed by atoms with Gasteiger partial charge in [0.15, 0.2) is 5.60 Å². The van der Waals surface area contributed by atoms with E-state index in [-0.39, 0.29) is 25.4 Å². The Morgan fingerprint density at radius 3 is 3.00 bits per heavy atom. The summed E-state index contributed by atoms with van der Waals surface area (Å²) in [5.74, 6) is 0.523. The molecule has 2 aliphatic heterocycles. The molecule has 2 aromatic rings. The first-order valence-electron chi connectivity index (χ1n) is 9.66. The summed E-state index contributed by atoms with van der Waals surface area (Å²) in [6.07, 6.45) is 2.17. The molecular weight excluding hydrogens is 395 g/mol. The van der Waals surface area contributed by atoms with Crippen molar-refractivity contribution in [1.29, 1.82) is 0 Å². The van der Waals surface area contributed by atoms with Gasteiger partial charge in [0, 0.05) is 30.1 Å². The number of rotatable bonds is 5. The number of aryl methyl sites for hydroxylation is 1. The summed E-state index contributed by atoms with van der Waals surface area (Å²) in [7, 11) is 0. The Morgan fingerprint density at radius 2 is 2.31 bits per heavy atom. The monoisotopic (exact) mass is 420 g/mol. The number of carbonyl (C=O) groups excluding carboxylic acids is 1. The zero-order valence-electron chi connectivity index (χ0n) is 16.8. The molecule has 0 saturated carbocycles. The van der Waals surface area contributed by atoms with Gasteiger partial charge in [0.05, 0.1) is 6.54 Å². The first kappa shape index (κ1) is 20.3. The molecule has 0 spiro atoms. The number of carbonyl (C=O) groups is 1. The predicted octanol–water partition coefficient (Wildman–Crippen LogP) is 3.69. The van der Waals surface area contributed by atoms with E-state index in [1.807, 2.05) is 12.3 Å². The molecule has 2 saturated heterocycles. The Kier molecular flexibility index (Phi) is 5.35. The van der Waals surface area contributed by atoms with E-state index < -0.39 is 11.3 Å². The number of ether oxygens (including phenoxy) is 3. The van der Waals surface area contributed by atoms with Gasteiger partial charge in [-0.2, -0.15) is 0 Å². The highest BCUT2D eigenvalue weighted by Crippen LogP contribution is 2.43. The summed E-state index contributed by atoms with van der Waals surface area (Å²) in [6.45, 7) is 5.98. The molecule has 3 heterocycles. The van der Waals surface area contributed by atoms with E-state index in [4.69, 9.17) is 14.2 Å². The van der Waals surface area contributed by atoms with Crippen LogP contribution in [0.5, 0.6) is 5.75 Å². The molecular formula is C21H25FN2O4S. The molecule has 0 radical (unpaired) electrons. The molecule has 1 unspecified atom stereocenters. The van der Waals surface area contributed by atoms with E-state index in [2.05, 4.69) is 4.98 Å². The lowest BCUT2D eigenvalue weighted by atomic mass is 9.88. The first-order valence-corrected chi connectivity index (χ1v) is 10.5. The predicted molar refractivity (Wildman–Crippen MR) is 107 cm³/mol. The summed E-state index contributed by atoms with van der Waals surface area (Å²) < 4.78 is 31.0. The number of thiazole rings is 1. The van der Waals surface area contributed by atoms with E-state index in [9.17, 15) is 9.18 Å². The third-order valence-corrected chi connectivity index (χ3v) is 6.25. The Balaban J connectivity index is 1.46. The number of benzene rings is 1. The van der Waals surface area contributed by atoms with Crippen LogP contribution < -0.4 is 4.74 Å². The lowest BCUT2D eigenvalue weighted by molar-refractivity contribution is -0.0440. The number of aromatic nitrogens is 1. The second-order valence-corrected chi connectivity index (χ2v) is 9.03. The molecule has 2 fully saturated rings. The summed E-state index contributed by atoms with van der Waals surface area (Å²) in [5.41, 5.74) is -0.593. The van der Waals surface area contributed by atoms with Crippen molar-refractivity contribution in [2.45, 2.75) is 44.6 Å². The van der Waals surface area contributed by atoms with Crippen LogP contribution in [0.4, 0.5) is 4.39 Å². The van der Waals surface area contributed by atoms with Gasteiger partial charge in [0.25, 0.3) is 5.91 Å². The maximum atomic E-state index is 13.7. The minimum absolute atomic E-state index is 0.0366. The molecule has 0 bridgehead atoms. The van der Waals surface area contributed by atoms with Gasteiger partial charge in [-0.3, -0.25) is 4.79 Å². The molecule has 156 valence electrons. The minimum atomic E-state index is -1.41. The molecule has 2 aliphatic rings. The number of piperidine rings is 1. The molecule has 6 nitrogen and oxygen atoms in total. The molecule has 1 aromatic carbocycles. The summed E-state index contributed by atoms with van der Waals surface area (Å²) >= 11 is 1.55. The van der Waals surface area contributed by atoms with Crippen molar-refractivity contribution in [3.63, 3.8) is 0 Å². The van der Waals surface area contributed by atoms with E-state index in [1.54, 1.807) is 40.6 Å². The highest BCUT2D eigenvalue weighted by atomic mass is 32.1. The van der Waals surface area contributed by atoms with Crippen LogP contribution in [0.25, 0.3) is 0 Å². The number of fused-ring (bicyclic) bond motifs is 1. The number of alkyl halides is 1. The molecule has 1 aromatic heterocycles. The molecule has 1 amide bonds. The van der Waals surface area contributed by atoms with Crippen LogP contribution in [0.1, 0.15) is 41.2 Å². The van der Waals surface area contributed by atoms with Crippen molar-refractivity contribution in [2.75, 3.05) is 26.5 Å². The fraction of sp³-hybridized carbons (Fsp3) is 0.524. The van der Waals surface area contributed by atoms with Gasteiger partial charge >= 0.3 is 0 Å². The number of hydrogen-bond acceptors (Lipinski definition) is 6. The van der Waals surface area contributed by atoms with Crippen LogP contribution in [0.3, 0.4) is 0 Å². The minimum Gasteiger partial charge on any atom is -0.490 e. The van der Waals surface area contributed by atoms with Gasteiger partial charge in [0.1, 0.15) is 35.9 Å². The van der Waals surface area contributed by atoms with Gasteiger partial charge < -0.3 is 19.1 Å². The van der Waals surface area contributed by atoms with Crippen molar-refractivity contribution in [2.24, 2.45) is 0 Å². The van der Waals surface area contributed by atoms with Crippen molar-refractivity contribution in [3.05, 3.63) is 45.9 Å². The third kappa shape index (κ3) is 4.01. The number of nitrogens with zero attached hydrogens (tertiary/aromatic N) is 2. The van der Waals surface area contributed by atoms with Crippen LogP contribution in [0, 0.1) is 6.92 Å². The van der Waals surface area contributed by atoms with Crippen molar-refractivity contribution >= 4 is 17.2 Å². The zero-order valence-corrected chi connectivity index (χ0v) is 17.6. The number of halogens is 1. The lowest BCUT2D eigenvalue weighted by Gasteiger charge is -2.40. The van der Waals surface area contributed by atoms with Crippen LogP contribution in [-0.4, -0.2) is 54.1 Å². The van der Waals surface area contributed by atoms with E-state index >= 15 is 0 Å². The SMILES string of the molecule is Cc1cc(C(=O)N2CC[C@]3(c4nccs4)OCOC3C2)ccc1OCC(C)(C)F. The maximum absolute atomic E-state index is 13.7. The number of likely N-dealkylation sites (tertiary alicyclic amines) is 1. The fourth-order valence-electron chi connectivity index (χ4n) is 3.77. The van der Waals surface area contributed by atoms with Crippen LogP contribution in [-0.2, 0) is 15.1 Å². The Labute approximate surface area is 173 Å². The van der Waals surface area contributed by atoms with Crippen molar-refractivity contribution < 1.29 is 23.4 Å². The van der Waals surface area contributed by atoms with E-state index in [0.29, 0.717) is 30.8 Å². The van der Waals surface area contributed by atoms with Crippen LogP contribution >= 0.6 is 11.3 Å². The smallest absolute Gasteiger partial charge is 0.253 e. The highest BCUT2D eigenvalue weighted by Gasteiger charge is 2.52. The molecule has 29 heavy (non-hydrogen) atoms. The van der Waals surface area contributed by atoms with Gasteiger partial charge in [0.2, 0.25) is 0 Å². The standard InChI is InChI=1S/C21H25FN2O4S/c1-14-10-15(4-5-16(14)26-12-20(2,3)22)18(25)24-8-6-21(19-23-7-9-29-19)17(11-24)27-13-28-21/h4-5,7,9-10,17H,6,8,11-13H2,1-3H3/t17?,21-/m0/s1. The second kappa shape index (κ2) is 7.66. The largest absolute Gasteiger partial charge is 0.490 e. The molecule has 2 atom stereocenters. The molecule has 8 heteroatoms. The van der Waals surface area contributed by atoms with E-state index in [1.165, 1.54) is 13.8 Å². The average Bonchev–Trinajstić information content (AvgIpc) is 3.35. The zero-order chi connectivity index (χ0) is 20.6. The fourth-order valence-corrected chi connectivity index (χ4v) is 4.64.